The monoisotopic (exact) mass is 294 g/mol. The van der Waals surface area contributed by atoms with Crippen LogP contribution in [0.15, 0.2) is 18.2 Å². The highest BCUT2D eigenvalue weighted by atomic mass is 79.9. The van der Waals surface area contributed by atoms with E-state index in [0.717, 1.165) is 11.1 Å². The van der Waals surface area contributed by atoms with Crippen molar-refractivity contribution in [2.24, 2.45) is 5.92 Å². The maximum Gasteiger partial charge on any atom is 0.131 e. The summed E-state index contributed by atoms with van der Waals surface area (Å²) in [4.78, 5) is 0. The van der Waals surface area contributed by atoms with Gasteiger partial charge in [0.1, 0.15) is 11.4 Å². The summed E-state index contributed by atoms with van der Waals surface area (Å²) in [6, 6.07) is 6.67. The lowest BCUT2D eigenvalue weighted by molar-refractivity contribution is 0.0369. The summed E-state index contributed by atoms with van der Waals surface area (Å²) in [5.41, 5.74) is 2.83. The first kappa shape index (κ1) is 11.6. The molecule has 1 nitrogen and oxygen atoms in total. The van der Waals surface area contributed by atoms with Crippen LogP contribution in [-0.2, 0) is 5.41 Å². The van der Waals surface area contributed by atoms with Crippen molar-refractivity contribution in [1.82, 2.24) is 0 Å². The van der Waals surface area contributed by atoms with Gasteiger partial charge in [-0.05, 0) is 37.3 Å². The Hall–Kier alpha value is -0.500. The van der Waals surface area contributed by atoms with Gasteiger partial charge in [-0.2, -0.15) is 0 Å². The van der Waals surface area contributed by atoms with Gasteiger partial charge in [-0.1, -0.05) is 41.9 Å². The van der Waals surface area contributed by atoms with E-state index in [-0.39, 0.29) is 11.0 Å². The highest BCUT2D eigenvalue weighted by Crippen LogP contribution is 2.60. The third-order valence-corrected chi connectivity index (χ3v) is 5.86. The number of hydrogen-bond acceptors (Lipinski definition) is 1. The van der Waals surface area contributed by atoms with Gasteiger partial charge in [-0.25, -0.2) is 0 Å². The molecule has 1 saturated carbocycles. The van der Waals surface area contributed by atoms with E-state index in [9.17, 15) is 0 Å². The zero-order chi connectivity index (χ0) is 12.3. The quantitative estimate of drug-likeness (QED) is 0.705. The highest BCUT2D eigenvalue weighted by Gasteiger charge is 2.62. The van der Waals surface area contributed by atoms with Crippen LogP contribution in [0.3, 0.4) is 0 Å². The lowest BCUT2D eigenvalue weighted by Gasteiger charge is -2.38. The van der Waals surface area contributed by atoms with Crippen molar-refractivity contribution in [1.29, 1.82) is 0 Å². The predicted molar refractivity (Wildman–Crippen MR) is 74.1 cm³/mol. The number of aryl methyl sites for hydroxylation is 1. The summed E-state index contributed by atoms with van der Waals surface area (Å²) >= 11 is 3.70. The molecule has 2 aliphatic rings. The summed E-state index contributed by atoms with van der Waals surface area (Å²) in [6.45, 7) is 6.83. The molecule has 1 aromatic carbocycles. The molecule has 0 aromatic heterocycles. The van der Waals surface area contributed by atoms with Crippen molar-refractivity contribution in [3.8, 4) is 5.75 Å². The number of ether oxygens (including phenoxy) is 1. The third-order valence-electron chi connectivity index (χ3n) is 5.03. The Morgan fingerprint density at radius 3 is 2.94 bits per heavy atom. The number of benzene rings is 1. The van der Waals surface area contributed by atoms with Crippen LogP contribution in [0.5, 0.6) is 5.75 Å². The molecule has 1 aromatic rings. The Kier molecular flexibility index (Phi) is 2.39. The van der Waals surface area contributed by atoms with E-state index in [1.807, 2.05) is 0 Å². The highest BCUT2D eigenvalue weighted by molar-refractivity contribution is 9.09. The van der Waals surface area contributed by atoms with Crippen LogP contribution >= 0.6 is 15.9 Å². The normalized spacial score (nSPS) is 38.7. The van der Waals surface area contributed by atoms with Gasteiger partial charge in [0.05, 0.1) is 0 Å². The Bertz CT molecular complexity index is 470. The zero-order valence-corrected chi connectivity index (χ0v) is 12.3. The Labute approximate surface area is 112 Å². The molecule has 0 amide bonds. The molecule has 92 valence electrons. The largest absolute Gasteiger partial charge is 0.485 e. The number of hydrogen-bond donors (Lipinski definition) is 0. The molecule has 3 rings (SSSR count). The van der Waals surface area contributed by atoms with Gasteiger partial charge in [0.2, 0.25) is 0 Å². The van der Waals surface area contributed by atoms with E-state index in [1.165, 1.54) is 24.0 Å². The topological polar surface area (TPSA) is 9.23 Å². The molecule has 3 unspecified atom stereocenters. The molecular weight excluding hydrogens is 276 g/mol. The number of fused-ring (bicyclic) bond motifs is 3. The standard InChI is InChI=1S/C15H19BrO/c1-10-4-5-12-13(8-10)17-15(9-16)11(2)6-7-14(12,15)3/h4-5,8,11H,6-7,9H2,1-3H3. The van der Waals surface area contributed by atoms with Gasteiger partial charge < -0.3 is 4.74 Å². The average Bonchev–Trinajstić information content (AvgIpc) is 2.69. The second-order valence-corrected chi connectivity index (χ2v) is 6.46. The minimum absolute atomic E-state index is 0.0386. The summed E-state index contributed by atoms with van der Waals surface area (Å²) in [5, 5.41) is 0.922. The van der Waals surface area contributed by atoms with Crippen LogP contribution < -0.4 is 4.74 Å². The first-order valence-electron chi connectivity index (χ1n) is 6.39. The maximum absolute atomic E-state index is 6.42. The minimum Gasteiger partial charge on any atom is -0.485 e. The van der Waals surface area contributed by atoms with Crippen LogP contribution in [0.1, 0.15) is 37.8 Å². The predicted octanol–water partition coefficient (Wildman–Crippen LogP) is 4.21. The minimum atomic E-state index is -0.0386. The van der Waals surface area contributed by atoms with Gasteiger partial charge in [0.25, 0.3) is 0 Å². The summed E-state index contributed by atoms with van der Waals surface area (Å²) in [7, 11) is 0. The van der Waals surface area contributed by atoms with Gasteiger partial charge in [-0.3, -0.25) is 0 Å². The summed E-state index contributed by atoms with van der Waals surface area (Å²) in [5.74, 6) is 1.72. The second-order valence-electron chi connectivity index (χ2n) is 5.90. The van der Waals surface area contributed by atoms with E-state index < -0.39 is 0 Å². The smallest absolute Gasteiger partial charge is 0.131 e. The average molecular weight is 295 g/mol. The molecule has 17 heavy (non-hydrogen) atoms. The van der Waals surface area contributed by atoms with Crippen LogP contribution in [0.2, 0.25) is 0 Å². The Morgan fingerprint density at radius 1 is 1.47 bits per heavy atom. The van der Waals surface area contributed by atoms with E-state index in [4.69, 9.17) is 4.74 Å². The lowest BCUT2D eigenvalue weighted by atomic mass is 9.71. The van der Waals surface area contributed by atoms with Crippen molar-refractivity contribution in [3.63, 3.8) is 0 Å². The third kappa shape index (κ3) is 1.25. The first-order valence-corrected chi connectivity index (χ1v) is 7.52. The Balaban J connectivity index is 2.19. The molecule has 1 heterocycles. The molecule has 0 radical (unpaired) electrons. The van der Waals surface area contributed by atoms with Crippen molar-refractivity contribution in [2.45, 2.75) is 44.6 Å². The van der Waals surface area contributed by atoms with Gasteiger partial charge in [0.15, 0.2) is 0 Å². The fraction of sp³-hybridized carbons (Fsp3) is 0.600. The van der Waals surface area contributed by atoms with Gasteiger partial charge in [-0.15, -0.1) is 0 Å². The van der Waals surface area contributed by atoms with Crippen LogP contribution in [0.4, 0.5) is 0 Å². The fourth-order valence-electron chi connectivity index (χ4n) is 3.74. The molecule has 0 saturated heterocycles. The first-order chi connectivity index (χ1) is 8.03. The van der Waals surface area contributed by atoms with Crippen LogP contribution in [0, 0.1) is 12.8 Å². The van der Waals surface area contributed by atoms with E-state index in [0.29, 0.717) is 5.92 Å². The van der Waals surface area contributed by atoms with Crippen molar-refractivity contribution in [2.75, 3.05) is 5.33 Å². The van der Waals surface area contributed by atoms with Crippen molar-refractivity contribution < 1.29 is 4.74 Å². The number of halogens is 1. The summed E-state index contributed by atoms with van der Waals surface area (Å²) in [6.07, 6.45) is 2.49. The van der Waals surface area contributed by atoms with Gasteiger partial charge in [0, 0.05) is 16.3 Å². The molecule has 0 N–H and O–H groups in total. The maximum atomic E-state index is 6.42. The SMILES string of the molecule is Cc1ccc2c(c1)OC1(CBr)C(C)CCC21C. The van der Waals surface area contributed by atoms with E-state index in [1.54, 1.807) is 0 Å². The molecule has 2 heteroatoms. The van der Waals surface area contributed by atoms with Crippen LogP contribution in [0.25, 0.3) is 0 Å². The van der Waals surface area contributed by atoms with Crippen molar-refractivity contribution in [3.05, 3.63) is 29.3 Å². The fourth-order valence-corrected chi connectivity index (χ4v) is 5.03. The van der Waals surface area contributed by atoms with Crippen LogP contribution in [-0.4, -0.2) is 10.9 Å². The molecular formula is C15H19BrO. The Morgan fingerprint density at radius 2 is 2.24 bits per heavy atom. The van der Waals surface area contributed by atoms with Crippen molar-refractivity contribution >= 4 is 15.9 Å². The number of rotatable bonds is 1. The lowest BCUT2D eigenvalue weighted by Crippen LogP contribution is -2.50. The molecule has 1 aliphatic heterocycles. The molecule has 0 bridgehead atoms. The molecule has 0 spiro atoms. The molecule has 1 aliphatic carbocycles. The second kappa shape index (κ2) is 3.50. The number of alkyl halides is 1. The van der Waals surface area contributed by atoms with E-state index in [2.05, 4.69) is 54.9 Å². The zero-order valence-electron chi connectivity index (χ0n) is 10.7. The molecule has 3 atom stereocenters. The summed E-state index contributed by atoms with van der Waals surface area (Å²) < 4.78 is 6.42. The van der Waals surface area contributed by atoms with E-state index >= 15 is 0 Å². The van der Waals surface area contributed by atoms with Gasteiger partial charge >= 0.3 is 0 Å². The molecule has 1 fully saturated rings.